The number of halogens is 3. The van der Waals surface area contributed by atoms with Crippen LogP contribution in [0.2, 0.25) is 10.0 Å². The van der Waals surface area contributed by atoms with Crippen molar-refractivity contribution in [2.24, 2.45) is 0 Å². The molecule has 1 aromatic carbocycles. The summed E-state index contributed by atoms with van der Waals surface area (Å²) < 4.78 is 13.1. The first-order chi connectivity index (χ1) is 8.10. The average molecular weight is 270 g/mol. The fourth-order valence-corrected chi connectivity index (χ4v) is 1.93. The lowest BCUT2D eigenvalue weighted by Crippen LogP contribution is -1.92. The number of hydrogen-bond donors (Lipinski definition) is 0. The molecule has 0 aliphatic heterocycles. The van der Waals surface area contributed by atoms with Gasteiger partial charge in [-0.1, -0.05) is 23.2 Å². The Labute approximate surface area is 107 Å². The van der Waals surface area contributed by atoms with Crippen LogP contribution in [0.1, 0.15) is 10.4 Å². The molecule has 0 aliphatic rings. The molecular formula is C12H6Cl2FNO. The average Bonchev–Trinajstić information content (AvgIpc) is 2.28. The Morgan fingerprint density at radius 1 is 1.12 bits per heavy atom. The van der Waals surface area contributed by atoms with E-state index in [-0.39, 0.29) is 5.56 Å². The summed E-state index contributed by atoms with van der Waals surface area (Å²) in [6.45, 7) is 0. The second kappa shape index (κ2) is 4.82. The molecule has 0 atom stereocenters. The van der Waals surface area contributed by atoms with Crippen LogP contribution in [0.3, 0.4) is 0 Å². The van der Waals surface area contributed by atoms with Gasteiger partial charge in [0, 0.05) is 15.6 Å². The number of nitrogens with zero attached hydrogens (tertiary/aromatic N) is 1. The van der Waals surface area contributed by atoms with E-state index in [2.05, 4.69) is 4.98 Å². The summed E-state index contributed by atoms with van der Waals surface area (Å²) in [5.74, 6) is -0.656. The van der Waals surface area contributed by atoms with Crippen LogP contribution in [0.15, 0.2) is 30.5 Å². The summed E-state index contributed by atoms with van der Waals surface area (Å²) in [6.07, 6.45) is 1.43. The van der Waals surface area contributed by atoms with Gasteiger partial charge >= 0.3 is 0 Å². The van der Waals surface area contributed by atoms with Crippen molar-refractivity contribution in [3.63, 3.8) is 0 Å². The third kappa shape index (κ3) is 2.62. The third-order valence-corrected chi connectivity index (χ3v) is 2.61. The summed E-state index contributed by atoms with van der Waals surface area (Å²) in [7, 11) is 0. The molecule has 5 heteroatoms. The molecule has 0 fully saturated rings. The number of benzene rings is 1. The van der Waals surface area contributed by atoms with Gasteiger partial charge < -0.3 is 0 Å². The van der Waals surface area contributed by atoms with Gasteiger partial charge in [-0.2, -0.15) is 0 Å². The van der Waals surface area contributed by atoms with Gasteiger partial charge in [0.25, 0.3) is 0 Å². The number of hydrogen-bond acceptors (Lipinski definition) is 2. The van der Waals surface area contributed by atoms with Crippen molar-refractivity contribution in [1.82, 2.24) is 4.98 Å². The fourth-order valence-electron chi connectivity index (χ4n) is 1.40. The van der Waals surface area contributed by atoms with Crippen molar-refractivity contribution in [2.75, 3.05) is 0 Å². The molecule has 0 aliphatic carbocycles. The number of carbonyl (C=O) groups is 1. The Morgan fingerprint density at radius 3 is 2.35 bits per heavy atom. The molecule has 1 heterocycles. The van der Waals surface area contributed by atoms with E-state index in [4.69, 9.17) is 23.2 Å². The zero-order chi connectivity index (χ0) is 12.4. The quantitative estimate of drug-likeness (QED) is 0.772. The maximum Gasteiger partial charge on any atom is 0.153 e. The first-order valence-electron chi connectivity index (χ1n) is 4.67. The van der Waals surface area contributed by atoms with Crippen LogP contribution in [0.4, 0.5) is 4.39 Å². The largest absolute Gasteiger partial charge is 0.298 e. The van der Waals surface area contributed by atoms with Gasteiger partial charge in [0.05, 0.1) is 17.5 Å². The number of carbonyl (C=O) groups excluding carboxylic acids is 1. The minimum absolute atomic E-state index is 0.0499. The molecule has 1 aromatic heterocycles. The van der Waals surface area contributed by atoms with E-state index in [1.807, 2.05) is 0 Å². The monoisotopic (exact) mass is 269 g/mol. The molecule has 0 amide bonds. The van der Waals surface area contributed by atoms with Gasteiger partial charge in [-0.15, -0.1) is 0 Å². The molecule has 17 heavy (non-hydrogen) atoms. The molecule has 2 rings (SSSR count). The Morgan fingerprint density at radius 2 is 1.76 bits per heavy atom. The highest BCUT2D eigenvalue weighted by Crippen LogP contribution is 2.26. The lowest BCUT2D eigenvalue weighted by Gasteiger charge is -2.04. The fraction of sp³-hybridized carbons (Fsp3) is 0. The molecule has 0 saturated carbocycles. The second-order valence-corrected chi connectivity index (χ2v) is 4.24. The zero-order valence-electron chi connectivity index (χ0n) is 8.45. The molecule has 0 unspecified atom stereocenters. The maximum atomic E-state index is 13.1. The van der Waals surface area contributed by atoms with Crippen molar-refractivity contribution in [3.05, 3.63) is 51.9 Å². The highest BCUT2D eigenvalue weighted by Gasteiger charge is 2.07. The number of aromatic nitrogens is 1. The van der Waals surface area contributed by atoms with E-state index in [1.165, 1.54) is 6.07 Å². The van der Waals surface area contributed by atoms with Gasteiger partial charge in [0.15, 0.2) is 12.1 Å². The second-order valence-electron chi connectivity index (χ2n) is 3.37. The maximum absolute atomic E-state index is 13.1. The lowest BCUT2D eigenvalue weighted by atomic mass is 10.1. The van der Waals surface area contributed by atoms with Crippen molar-refractivity contribution in [2.45, 2.75) is 0 Å². The van der Waals surface area contributed by atoms with Crippen LogP contribution < -0.4 is 0 Å². The van der Waals surface area contributed by atoms with Crippen LogP contribution in [-0.2, 0) is 0 Å². The van der Waals surface area contributed by atoms with E-state index in [9.17, 15) is 9.18 Å². The minimum Gasteiger partial charge on any atom is -0.298 e. The molecule has 2 nitrogen and oxygen atoms in total. The highest BCUT2D eigenvalue weighted by atomic mass is 35.5. The predicted octanol–water partition coefficient (Wildman–Crippen LogP) is 4.01. The number of rotatable bonds is 2. The van der Waals surface area contributed by atoms with E-state index in [0.717, 1.165) is 6.20 Å². The van der Waals surface area contributed by atoms with E-state index in [1.54, 1.807) is 18.2 Å². The van der Waals surface area contributed by atoms with Gasteiger partial charge in [-0.3, -0.25) is 9.78 Å². The SMILES string of the molecule is O=Cc1cc(-c2cc(Cl)cc(Cl)c2)ncc1F. The standard InChI is InChI=1S/C12H6Cl2FNO/c13-9-1-7(2-10(14)4-9)12-3-8(6-17)11(15)5-16-12/h1-6H. The molecule has 2 aromatic rings. The third-order valence-electron chi connectivity index (χ3n) is 2.17. The minimum atomic E-state index is -0.656. The smallest absolute Gasteiger partial charge is 0.153 e. The molecular weight excluding hydrogens is 264 g/mol. The predicted molar refractivity (Wildman–Crippen MR) is 65.0 cm³/mol. The van der Waals surface area contributed by atoms with Crippen LogP contribution in [0, 0.1) is 5.82 Å². The molecule has 0 bridgehead atoms. The van der Waals surface area contributed by atoms with E-state index in [0.29, 0.717) is 27.6 Å². The summed E-state index contributed by atoms with van der Waals surface area (Å²) in [6, 6.07) is 6.21. The number of pyridine rings is 1. The van der Waals surface area contributed by atoms with Gasteiger partial charge in [0.2, 0.25) is 0 Å². The van der Waals surface area contributed by atoms with E-state index < -0.39 is 5.82 Å². The van der Waals surface area contributed by atoms with Crippen molar-refractivity contribution >= 4 is 29.5 Å². The molecule has 0 saturated heterocycles. The summed E-state index contributed by atoms with van der Waals surface area (Å²) in [5, 5.41) is 0.901. The normalized spacial score (nSPS) is 10.3. The van der Waals surface area contributed by atoms with Gasteiger partial charge in [-0.05, 0) is 24.3 Å². The molecule has 0 radical (unpaired) electrons. The van der Waals surface area contributed by atoms with Crippen molar-refractivity contribution < 1.29 is 9.18 Å². The summed E-state index contributed by atoms with van der Waals surface area (Å²) in [4.78, 5) is 14.5. The van der Waals surface area contributed by atoms with Crippen LogP contribution >= 0.6 is 23.2 Å². The van der Waals surface area contributed by atoms with Crippen LogP contribution in [-0.4, -0.2) is 11.3 Å². The van der Waals surface area contributed by atoms with Gasteiger partial charge in [-0.25, -0.2) is 4.39 Å². The zero-order valence-corrected chi connectivity index (χ0v) is 9.97. The van der Waals surface area contributed by atoms with Crippen molar-refractivity contribution in [3.8, 4) is 11.3 Å². The van der Waals surface area contributed by atoms with Crippen LogP contribution in [0.5, 0.6) is 0 Å². The highest BCUT2D eigenvalue weighted by molar-refractivity contribution is 6.35. The molecule has 0 N–H and O–H groups in total. The lowest BCUT2D eigenvalue weighted by molar-refractivity contribution is 0.111. The molecule has 0 spiro atoms. The Balaban J connectivity index is 2.56. The Hall–Kier alpha value is -1.45. The summed E-state index contributed by atoms with van der Waals surface area (Å²) >= 11 is 11.7. The summed E-state index contributed by atoms with van der Waals surface area (Å²) in [5.41, 5.74) is 1.02. The van der Waals surface area contributed by atoms with Crippen molar-refractivity contribution in [1.29, 1.82) is 0 Å². The van der Waals surface area contributed by atoms with Crippen LogP contribution in [0.25, 0.3) is 11.3 Å². The van der Waals surface area contributed by atoms with Gasteiger partial charge in [0.1, 0.15) is 0 Å². The molecule has 86 valence electrons. The first kappa shape index (κ1) is 12.0. The topological polar surface area (TPSA) is 30.0 Å². The van der Waals surface area contributed by atoms with E-state index >= 15 is 0 Å². The number of aldehydes is 1. The Kier molecular flexibility index (Phi) is 3.41. The first-order valence-corrected chi connectivity index (χ1v) is 5.43. The Bertz CT molecular complexity index is 566.